The molecule has 2 aliphatic carbocycles. The van der Waals surface area contributed by atoms with E-state index in [9.17, 15) is 9.59 Å². The van der Waals surface area contributed by atoms with Gasteiger partial charge in [-0.1, -0.05) is 18.2 Å². The highest BCUT2D eigenvalue weighted by atomic mass is 32.2. The molecule has 5 unspecified atom stereocenters. The summed E-state index contributed by atoms with van der Waals surface area (Å²) in [5.41, 5.74) is 0.979. The summed E-state index contributed by atoms with van der Waals surface area (Å²) < 4.78 is 1.58. The molecule has 5 atom stereocenters. The monoisotopic (exact) mass is 419 g/mol. The lowest BCUT2D eigenvalue weighted by Crippen LogP contribution is -2.43. The van der Waals surface area contributed by atoms with E-state index in [1.54, 1.807) is 23.0 Å². The minimum atomic E-state index is -0.293. The van der Waals surface area contributed by atoms with Crippen LogP contribution in [0.2, 0.25) is 0 Å². The molecule has 0 saturated heterocycles. The van der Waals surface area contributed by atoms with Gasteiger partial charge >= 0.3 is 0 Å². The number of aromatic nitrogens is 2. The van der Waals surface area contributed by atoms with E-state index >= 15 is 0 Å². The molecule has 0 aliphatic heterocycles. The quantitative estimate of drug-likeness (QED) is 0.587. The number of carbonyl (C=O) groups is 1. The van der Waals surface area contributed by atoms with Crippen molar-refractivity contribution in [3.05, 3.63) is 20.8 Å². The Balaban J connectivity index is 1.47. The first-order chi connectivity index (χ1) is 13.3. The van der Waals surface area contributed by atoms with Crippen molar-refractivity contribution >= 4 is 39.2 Å². The fourth-order valence-corrected chi connectivity index (χ4v) is 6.98. The van der Waals surface area contributed by atoms with Crippen molar-refractivity contribution in [2.24, 2.45) is 24.8 Å². The summed E-state index contributed by atoms with van der Waals surface area (Å²) in [5, 5.41) is 4.26. The van der Waals surface area contributed by atoms with E-state index in [4.69, 9.17) is 4.98 Å². The van der Waals surface area contributed by atoms with E-state index in [2.05, 4.69) is 12.2 Å². The summed E-state index contributed by atoms with van der Waals surface area (Å²) >= 11 is 2.92. The predicted octanol–water partition coefficient (Wildman–Crippen LogP) is 4.03. The lowest BCUT2D eigenvalue weighted by atomic mass is 9.84. The Morgan fingerprint density at radius 1 is 1.29 bits per heavy atom. The van der Waals surface area contributed by atoms with Crippen molar-refractivity contribution in [3.63, 3.8) is 0 Å². The molecule has 5 nitrogen and oxygen atoms in total. The predicted molar refractivity (Wildman–Crippen MR) is 116 cm³/mol. The summed E-state index contributed by atoms with van der Waals surface area (Å²) in [6, 6.07) is 0.215. The number of hydrogen-bond donors (Lipinski definition) is 1. The second-order valence-electron chi connectivity index (χ2n) is 8.62. The molecule has 2 aliphatic rings. The van der Waals surface area contributed by atoms with Crippen LogP contribution < -0.4 is 10.9 Å². The largest absolute Gasteiger partial charge is 0.352 e. The number of rotatable bonds is 5. The van der Waals surface area contributed by atoms with Gasteiger partial charge in [0.1, 0.15) is 4.83 Å². The molecular weight excluding hydrogens is 390 g/mol. The van der Waals surface area contributed by atoms with Gasteiger partial charge < -0.3 is 5.32 Å². The first kappa shape index (κ1) is 20.0. The normalized spacial score (nSPS) is 26.0. The number of aryl methyl sites for hydroxylation is 2. The Morgan fingerprint density at radius 2 is 2.04 bits per heavy atom. The maximum atomic E-state index is 12.8. The molecule has 2 aromatic heterocycles. The van der Waals surface area contributed by atoms with Gasteiger partial charge in [-0.15, -0.1) is 11.3 Å². The smallest absolute Gasteiger partial charge is 0.262 e. The van der Waals surface area contributed by atoms with Crippen molar-refractivity contribution in [1.29, 1.82) is 0 Å². The Bertz CT molecular complexity index is 980. The molecule has 28 heavy (non-hydrogen) atoms. The number of nitrogens with zero attached hydrogens (tertiary/aromatic N) is 2. The van der Waals surface area contributed by atoms with Crippen LogP contribution in [0.25, 0.3) is 10.2 Å². The van der Waals surface area contributed by atoms with Gasteiger partial charge in [0, 0.05) is 18.0 Å². The fraction of sp³-hybridized carbons (Fsp3) is 0.667. The number of thiophene rings is 1. The highest BCUT2D eigenvalue weighted by Gasteiger charge is 2.42. The van der Waals surface area contributed by atoms with Crippen LogP contribution in [0.3, 0.4) is 0 Å². The van der Waals surface area contributed by atoms with E-state index in [1.165, 1.54) is 37.4 Å². The summed E-state index contributed by atoms with van der Waals surface area (Å²) in [4.78, 5) is 32.1. The minimum Gasteiger partial charge on any atom is -0.352 e. The summed E-state index contributed by atoms with van der Waals surface area (Å²) in [6.45, 7) is 8.03. The van der Waals surface area contributed by atoms with E-state index in [1.807, 2.05) is 20.8 Å². The summed E-state index contributed by atoms with van der Waals surface area (Å²) in [5.74, 6) is 2.33. The van der Waals surface area contributed by atoms with Crippen LogP contribution in [0.5, 0.6) is 0 Å². The van der Waals surface area contributed by atoms with Gasteiger partial charge in [0.05, 0.1) is 10.6 Å². The number of nitrogens with one attached hydrogen (secondary N) is 1. The highest BCUT2D eigenvalue weighted by molar-refractivity contribution is 8.00. The number of amides is 1. The Morgan fingerprint density at radius 3 is 2.68 bits per heavy atom. The van der Waals surface area contributed by atoms with Crippen LogP contribution in [0.15, 0.2) is 9.95 Å². The number of hydrogen-bond acceptors (Lipinski definition) is 5. The molecule has 2 saturated carbocycles. The standard InChI is InChI=1S/C21H29N3O2S2/c1-10-12(3)27-19-17(10)20(26)24(5)21(23-19)28-13(4)18(25)22-11(2)16-9-14-6-7-15(16)8-14/h11,13-16H,6-9H2,1-5H3,(H,22,25). The van der Waals surface area contributed by atoms with E-state index in [0.29, 0.717) is 16.5 Å². The maximum Gasteiger partial charge on any atom is 0.262 e. The van der Waals surface area contributed by atoms with Crippen molar-refractivity contribution in [2.75, 3.05) is 0 Å². The molecule has 2 aromatic rings. The molecule has 152 valence electrons. The molecule has 1 amide bonds. The number of fused-ring (bicyclic) bond motifs is 3. The van der Waals surface area contributed by atoms with E-state index in [0.717, 1.165) is 27.1 Å². The van der Waals surface area contributed by atoms with Gasteiger partial charge in [-0.05, 0) is 70.3 Å². The zero-order valence-electron chi connectivity index (χ0n) is 17.2. The maximum absolute atomic E-state index is 12.8. The molecular formula is C21H29N3O2S2. The van der Waals surface area contributed by atoms with Crippen LogP contribution >= 0.6 is 23.1 Å². The van der Waals surface area contributed by atoms with Crippen LogP contribution in [-0.4, -0.2) is 26.8 Å². The van der Waals surface area contributed by atoms with E-state index in [-0.39, 0.29) is 22.8 Å². The third kappa shape index (κ3) is 3.41. The molecule has 0 spiro atoms. The Hall–Kier alpha value is -1.34. The average molecular weight is 420 g/mol. The first-order valence-corrected chi connectivity index (χ1v) is 11.9. The molecule has 2 heterocycles. The van der Waals surface area contributed by atoms with Gasteiger partial charge in [0.15, 0.2) is 5.16 Å². The van der Waals surface area contributed by atoms with Crippen molar-refractivity contribution in [1.82, 2.24) is 14.9 Å². The second kappa shape index (κ2) is 7.48. The minimum absolute atomic E-state index is 0.0303. The Labute approximate surface area is 174 Å². The third-order valence-electron chi connectivity index (χ3n) is 6.83. The average Bonchev–Trinajstić information content (AvgIpc) is 3.35. The van der Waals surface area contributed by atoms with Crippen molar-refractivity contribution in [2.45, 2.75) is 69.8 Å². The molecule has 0 radical (unpaired) electrons. The number of carbonyl (C=O) groups excluding carboxylic acids is 1. The SMILES string of the molecule is Cc1sc2nc(SC(C)C(=O)NC(C)C3CC4CCC3C4)n(C)c(=O)c2c1C. The van der Waals surface area contributed by atoms with Crippen molar-refractivity contribution in [3.8, 4) is 0 Å². The molecule has 0 aromatic carbocycles. The van der Waals surface area contributed by atoms with Crippen LogP contribution in [0, 0.1) is 31.6 Å². The zero-order valence-corrected chi connectivity index (χ0v) is 18.9. The van der Waals surface area contributed by atoms with Crippen molar-refractivity contribution < 1.29 is 4.79 Å². The Kier molecular flexibility index (Phi) is 5.33. The molecule has 4 rings (SSSR count). The summed E-state index contributed by atoms with van der Waals surface area (Å²) in [7, 11) is 1.74. The topological polar surface area (TPSA) is 64.0 Å². The lowest BCUT2D eigenvalue weighted by molar-refractivity contribution is -0.121. The zero-order chi connectivity index (χ0) is 20.2. The molecule has 2 bridgehead atoms. The lowest BCUT2D eigenvalue weighted by Gasteiger charge is -2.29. The van der Waals surface area contributed by atoms with Crippen LogP contribution in [0.1, 0.15) is 50.0 Å². The first-order valence-electron chi connectivity index (χ1n) is 10.2. The fourth-order valence-electron chi connectivity index (χ4n) is 5.03. The van der Waals surface area contributed by atoms with Gasteiger partial charge in [-0.3, -0.25) is 14.2 Å². The second-order valence-corrected chi connectivity index (χ2v) is 11.1. The van der Waals surface area contributed by atoms with Crippen LogP contribution in [0.4, 0.5) is 0 Å². The van der Waals surface area contributed by atoms with E-state index < -0.39 is 0 Å². The van der Waals surface area contributed by atoms with Gasteiger partial charge in [-0.25, -0.2) is 4.98 Å². The van der Waals surface area contributed by atoms with Gasteiger partial charge in [-0.2, -0.15) is 0 Å². The van der Waals surface area contributed by atoms with Crippen LogP contribution in [-0.2, 0) is 11.8 Å². The summed E-state index contributed by atoms with van der Waals surface area (Å²) in [6.07, 6.45) is 5.31. The number of thioether (sulfide) groups is 1. The molecule has 1 N–H and O–H groups in total. The third-order valence-corrected chi connectivity index (χ3v) is 9.07. The molecule has 2 fully saturated rings. The molecule has 7 heteroatoms. The highest BCUT2D eigenvalue weighted by Crippen LogP contribution is 2.49. The van der Waals surface area contributed by atoms with Gasteiger partial charge in [0.25, 0.3) is 5.56 Å². The van der Waals surface area contributed by atoms with Gasteiger partial charge in [0.2, 0.25) is 5.91 Å².